The zero-order valence-electron chi connectivity index (χ0n) is 11.5. The number of hydrogen-bond donors (Lipinski definition) is 2. The van der Waals surface area contributed by atoms with E-state index in [9.17, 15) is 10.1 Å². The number of nitrogens with two attached hydrogens (primary N) is 1. The van der Waals surface area contributed by atoms with Gasteiger partial charge in [-0.3, -0.25) is 15.0 Å². The minimum atomic E-state index is -0.455. The molecule has 110 valence electrons. The summed E-state index contributed by atoms with van der Waals surface area (Å²) in [7, 11) is 0. The largest absolute Gasteiger partial charge is 0.397 e. The Balaban J connectivity index is 1.92. The summed E-state index contributed by atoms with van der Waals surface area (Å²) in [5.74, 6) is 0. The number of nitrogen functional groups attached to an aromatic ring is 1. The topological polar surface area (TPSA) is 93.7 Å². The molecule has 0 spiro atoms. The fraction of sp³-hybridized carbons (Fsp3) is 0.538. The third-order valence-corrected chi connectivity index (χ3v) is 3.44. The fourth-order valence-electron chi connectivity index (χ4n) is 2.24. The summed E-state index contributed by atoms with van der Waals surface area (Å²) in [6.45, 7) is 6.36. The van der Waals surface area contributed by atoms with Crippen molar-refractivity contribution in [2.24, 2.45) is 0 Å². The summed E-state index contributed by atoms with van der Waals surface area (Å²) in [6.07, 6.45) is 0.110. The van der Waals surface area contributed by atoms with Crippen molar-refractivity contribution >= 4 is 17.1 Å². The summed E-state index contributed by atoms with van der Waals surface area (Å²) in [6, 6.07) is 4.44. The molecule has 1 fully saturated rings. The maximum atomic E-state index is 10.6. The number of nitrogens with one attached hydrogen (secondary N) is 1. The normalized spacial score (nSPS) is 19.8. The lowest BCUT2D eigenvalue weighted by Crippen LogP contribution is -2.45. The number of rotatable bonds is 5. The quantitative estimate of drug-likeness (QED) is 0.480. The molecule has 2 rings (SSSR count). The Morgan fingerprint density at radius 2 is 2.40 bits per heavy atom. The lowest BCUT2D eigenvalue weighted by molar-refractivity contribution is -0.384. The van der Waals surface area contributed by atoms with Crippen molar-refractivity contribution in [3.05, 3.63) is 28.3 Å². The molecular weight excluding hydrogens is 260 g/mol. The second-order valence-corrected chi connectivity index (χ2v) is 4.80. The number of nitrogens with zero attached hydrogens (tertiary/aromatic N) is 2. The Hall–Kier alpha value is -1.86. The van der Waals surface area contributed by atoms with Gasteiger partial charge in [-0.25, -0.2) is 0 Å². The maximum Gasteiger partial charge on any atom is 0.271 e. The van der Waals surface area contributed by atoms with E-state index in [-0.39, 0.29) is 11.8 Å². The van der Waals surface area contributed by atoms with Gasteiger partial charge in [0.05, 0.1) is 29.0 Å². The number of nitro groups is 1. The molecule has 7 heteroatoms. The van der Waals surface area contributed by atoms with Gasteiger partial charge >= 0.3 is 0 Å². The average Bonchev–Trinajstić information content (AvgIpc) is 2.46. The Morgan fingerprint density at radius 1 is 1.60 bits per heavy atom. The van der Waals surface area contributed by atoms with E-state index in [0.29, 0.717) is 17.9 Å². The summed E-state index contributed by atoms with van der Waals surface area (Å²) in [5.41, 5.74) is 6.89. The number of non-ortho nitro benzene ring substituents is 1. The zero-order valence-corrected chi connectivity index (χ0v) is 11.5. The van der Waals surface area contributed by atoms with Crippen LogP contribution < -0.4 is 11.1 Å². The Labute approximate surface area is 117 Å². The van der Waals surface area contributed by atoms with Crippen LogP contribution in [0.15, 0.2) is 18.2 Å². The minimum Gasteiger partial charge on any atom is -0.397 e. The van der Waals surface area contributed by atoms with E-state index in [0.717, 1.165) is 26.2 Å². The van der Waals surface area contributed by atoms with E-state index in [4.69, 9.17) is 10.5 Å². The third kappa shape index (κ3) is 3.58. The van der Waals surface area contributed by atoms with Gasteiger partial charge in [0.1, 0.15) is 0 Å². The molecule has 3 N–H and O–H groups in total. The van der Waals surface area contributed by atoms with Crippen LogP contribution in [0.2, 0.25) is 0 Å². The van der Waals surface area contributed by atoms with E-state index < -0.39 is 4.92 Å². The molecule has 1 aromatic carbocycles. The lowest BCUT2D eigenvalue weighted by atomic mass is 10.2. The number of ether oxygens (including phenoxy) is 1. The summed E-state index contributed by atoms with van der Waals surface area (Å²) < 4.78 is 5.68. The van der Waals surface area contributed by atoms with Gasteiger partial charge in [0.25, 0.3) is 5.69 Å². The number of morpholine rings is 1. The predicted molar refractivity (Wildman–Crippen MR) is 77.9 cm³/mol. The van der Waals surface area contributed by atoms with Crippen LogP contribution >= 0.6 is 0 Å². The molecule has 1 saturated heterocycles. The molecule has 1 atom stereocenters. The van der Waals surface area contributed by atoms with Gasteiger partial charge in [0.15, 0.2) is 0 Å². The summed E-state index contributed by atoms with van der Waals surface area (Å²) in [4.78, 5) is 12.5. The Bertz CT molecular complexity index is 481. The standard InChI is InChI=1S/C13H20N4O3/c1-2-16-5-6-20-11(9-16)8-15-13-4-3-10(17(18)19)7-12(13)14/h3-4,7,11,15H,2,5-6,8-9,14H2,1H3. The molecule has 1 unspecified atom stereocenters. The minimum absolute atomic E-state index is 0.000811. The van der Waals surface area contributed by atoms with Crippen LogP contribution in [0.1, 0.15) is 6.92 Å². The van der Waals surface area contributed by atoms with Gasteiger partial charge in [-0.1, -0.05) is 6.92 Å². The molecule has 0 aliphatic carbocycles. The smallest absolute Gasteiger partial charge is 0.271 e. The highest BCUT2D eigenvalue weighted by atomic mass is 16.6. The van der Waals surface area contributed by atoms with Gasteiger partial charge in [-0.15, -0.1) is 0 Å². The second kappa shape index (κ2) is 6.53. The van der Waals surface area contributed by atoms with E-state index in [1.54, 1.807) is 6.07 Å². The number of nitro benzene ring substituents is 1. The molecule has 1 aliphatic heterocycles. The van der Waals surface area contributed by atoms with Crippen molar-refractivity contribution in [2.75, 3.05) is 43.8 Å². The highest BCUT2D eigenvalue weighted by molar-refractivity contribution is 5.69. The molecule has 1 aliphatic rings. The Kier molecular flexibility index (Phi) is 4.75. The third-order valence-electron chi connectivity index (χ3n) is 3.44. The molecule has 1 heterocycles. The molecule has 0 bridgehead atoms. The molecule has 0 aromatic heterocycles. The maximum absolute atomic E-state index is 10.6. The van der Waals surface area contributed by atoms with Gasteiger partial charge in [-0.2, -0.15) is 0 Å². The predicted octanol–water partition coefficient (Wildman–Crippen LogP) is 1.31. The first-order valence-corrected chi connectivity index (χ1v) is 6.72. The molecule has 20 heavy (non-hydrogen) atoms. The van der Waals surface area contributed by atoms with Gasteiger partial charge in [0, 0.05) is 31.8 Å². The van der Waals surface area contributed by atoms with Gasteiger partial charge in [-0.05, 0) is 12.6 Å². The molecule has 7 nitrogen and oxygen atoms in total. The number of hydrogen-bond acceptors (Lipinski definition) is 6. The lowest BCUT2D eigenvalue weighted by Gasteiger charge is -2.32. The van der Waals surface area contributed by atoms with Crippen molar-refractivity contribution in [3.8, 4) is 0 Å². The van der Waals surface area contributed by atoms with Crippen LogP contribution in [-0.2, 0) is 4.74 Å². The first-order chi connectivity index (χ1) is 9.60. The van der Waals surface area contributed by atoms with Gasteiger partial charge in [0.2, 0.25) is 0 Å². The zero-order chi connectivity index (χ0) is 14.5. The summed E-state index contributed by atoms with van der Waals surface area (Å²) >= 11 is 0. The van der Waals surface area contributed by atoms with Crippen LogP contribution in [0.4, 0.5) is 17.1 Å². The van der Waals surface area contributed by atoms with Crippen LogP contribution in [0.5, 0.6) is 0 Å². The van der Waals surface area contributed by atoms with Crippen molar-refractivity contribution < 1.29 is 9.66 Å². The van der Waals surface area contributed by atoms with Crippen LogP contribution in [0, 0.1) is 10.1 Å². The van der Waals surface area contributed by atoms with E-state index in [1.165, 1.54) is 12.1 Å². The monoisotopic (exact) mass is 280 g/mol. The van der Waals surface area contributed by atoms with Crippen molar-refractivity contribution in [1.82, 2.24) is 4.90 Å². The highest BCUT2D eigenvalue weighted by Gasteiger charge is 2.19. The van der Waals surface area contributed by atoms with E-state index >= 15 is 0 Å². The first-order valence-electron chi connectivity index (χ1n) is 6.72. The number of likely N-dealkylation sites (N-methyl/N-ethyl adjacent to an activating group) is 1. The van der Waals surface area contributed by atoms with Gasteiger partial charge < -0.3 is 15.8 Å². The van der Waals surface area contributed by atoms with Crippen LogP contribution in [0.25, 0.3) is 0 Å². The van der Waals surface area contributed by atoms with Crippen molar-refractivity contribution in [1.29, 1.82) is 0 Å². The fourth-order valence-corrected chi connectivity index (χ4v) is 2.24. The summed E-state index contributed by atoms with van der Waals surface area (Å²) in [5, 5.41) is 13.8. The van der Waals surface area contributed by atoms with E-state index in [1.807, 2.05) is 0 Å². The average molecular weight is 280 g/mol. The SMILES string of the molecule is CCN1CCOC(CNc2ccc([N+](=O)[O-])cc2N)C1. The van der Waals surface area contributed by atoms with Crippen LogP contribution in [0.3, 0.4) is 0 Å². The number of anilines is 2. The second-order valence-electron chi connectivity index (χ2n) is 4.80. The van der Waals surface area contributed by atoms with Crippen LogP contribution in [-0.4, -0.2) is 48.7 Å². The molecule has 0 radical (unpaired) electrons. The molecular formula is C13H20N4O3. The van der Waals surface area contributed by atoms with E-state index in [2.05, 4.69) is 17.1 Å². The molecule has 1 aromatic rings. The highest BCUT2D eigenvalue weighted by Crippen LogP contribution is 2.24. The first kappa shape index (κ1) is 14.5. The van der Waals surface area contributed by atoms with Crippen molar-refractivity contribution in [2.45, 2.75) is 13.0 Å². The molecule has 0 amide bonds. The van der Waals surface area contributed by atoms with Crippen molar-refractivity contribution in [3.63, 3.8) is 0 Å². The Morgan fingerprint density at radius 3 is 3.05 bits per heavy atom. The number of benzene rings is 1. The molecule has 0 saturated carbocycles.